The van der Waals surface area contributed by atoms with E-state index in [1.165, 1.54) is 38.7 Å². The predicted molar refractivity (Wildman–Crippen MR) is 68.5 cm³/mol. The molecular weight excluding hydrogens is 256 g/mol. The summed E-state index contributed by atoms with van der Waals surface area (Å²) in [6, 6.07) is 1.53. The van der Waals surface area contributed by atoms with E-state index < -0.39 is 5.97 Å². The largest absolute Gasteiger partial charge is 0.493 e. The van der Waals surface area contributed by atoms with Crippen LogP contribution in [0.1, 0.15) is 10.4 Å². The van der Waals surface area contributed by atoms with Crippen LogP contribution in [-0.4, -0.2) is 32.3 Å². The number of methoxy groups -OCH3 is 3. The lowest BCUT2D eigenvalue weighted by atomic mass is 10.1. The third-order valence-corrected chi connectivity index (χ3v) is 3.32. The molecule has 6 nitrogen and oxygen atoms in total. The topological polar surface area (TPSA) is 83.7 Å². The monoisotopic (exact) mass is 268 g/mol. The van der Waals surface area contributed by atoms with Gasteiger partial charge < -0.3 is 19.9 Å². The van der Waals surface area contributed by atoms with Crippen molar-refractivity contribution < 1.29 is 19.0 Å². The first kappa shape index (κ1) is 12.4. The first-order valence-corrected chi connectivity index (χ1v) is 5.83. The normalized spacial score (nSPS) is 10.4. The summed E-state index contributed by atoms with van der Waals surface area (Å²) in [5.41, 5.74) is 6.44. The quantitative estimate of drug-likeness (QED) is 0.853. The molecule has 0 amide bonds. The smallest absolute Gasteiger partial charge is 0.340 e. The molecule has 0 saturated carbocycles. The fourth-order valence-corrected chi connectivity index (χ4v) is 2.54. The minimum atomic E-state index is -0.494. The zero-order chi connectivity index (χ0) is 13.3. The molecule has 96 valence electrons. The van der Waals surface area contributed by atoms with Crippen LogP contribution in [-0.2, 0) is 4.74 Å². The number of rotatable bonds is 3. The molecule has 1 aromatic heterocycles. The van der Waals surface area contributed by atoms with Crippen LogP contribution in [0.15, 0.2) is 6.07 Å². The summed E-state index contributed by atoms with van der Waals surface area (Å²) in [7, 11) is 4.32. The van der Waals surface area contributed by atoms with Gasteiger partial charge in [-0.15, -0.1) is 0 Å². The van der Waals surface area contributed by atoms with Gasteiger partial charge in [0.25, 0.3) is 0 Å². The molecule has 18 heavy (non-hydrogen) atoms. The first-order valence-electron chi connectivity index (χ1n) is 5.01. The van der Waals surface area contributed by atoms with E-state index in [9.17, 15) is 4.79 Å². The van der Waals surface area contributed by atoms with Crippen LogP contribution in [0.25, 0.3) is 10.2 Å². The van der Waals surface area contributed by atoms with Crippen molar-refractivity contribution in [2.24, 2.45) is 0 Å². The van der Waals surface area contributed by atoms with Gasteiger partial charge in [-0.3, -0.25) is 0 Å². The summed E-state index contributed by atoms with van der Waals surface area (Å²) in [4.78, 5) is 15.8. The molecule has 0 aliphatic rings. The maximum Gasteiger partial charge on any atom is 0.340 e. The molecule has 2 N–H and O–H groups in total. The maximum atomic E-state index is 11.7. The van der Waals surface area contributed by atoms with E-state index in [0.29, 0.717) is 32.4 Å². The number of nitrogens with two attached hydrogens (primary N) is 1. The number of anilines is 1. The van der Waals surface area contributed by atoms with Crippen molar-refractivity contribution >= 4 is 32.7 Å². The van der Waals surface area contributed by atoms with Crippen LogP contribution in [0.3, 0.4) is 0 Å². The van der Waals surface area contributed by atoms with Crippen molar-refractivity contribution in [3.8, 4) is 11.5 Å². The minimum Gasteiger partial charge on any atom is -0.493 e. The highest BCUT2D eigenvalue weighted by Crippen LogP contribution is 2.41. The molecule has 0 radical (unpaired) electrons. The van der Waals surface area contributed by atoms with Crippen molar-refractivity contribution in [1.82, 2.24) is 4.98 Å². The summed E-state index contributed by atoms with van der Waals surface area (Å²) in [6.45, 7) is 0. The Morgan fingerprint density at radius 2 is 2.06 bits per heavy atom. The van der Waals surface area contributed by atoms with E-state index >= 15 is 0 Å². The number of carbonyl (C=O) groups is 1. The van der Waals surface area contributed by atoms with Gasteiger partial charge in [-0.25, -0.2) is 9.78 Å². The molecule has 0 unspecified atom stereocenters. The van der Waals surface area contributed by atoms with Crippen LogP contribution < -0.4 is 15.2 Å². The van der Waals surface area contributed by atoms with Gasteiger partial charge in [0, 0.05) is 6.07 Å². The lowest BCUT2D eigenvalue weighted by Gasteiger charge is -2.10. The minimum absolute atomic E-state index is 0.304. The highest BCUT2D eigenvalue weighted by molar-refractivity contribution is 7.22. The molecule has 0 saturated heterocycles. The van der Waals surface area contributed by atoms with Gasteiger partial charge in [0.05, 0.1) is 26.9 Å². The number of fused-ring (bicyclic) bond motifs is 1. The van der Waals surface area contributed by atoms with Gasteiger partial charge in [0.1, 0.15) is 10.2 Å². The zero-order valence-electron chi connectivity index (χ0n) is 10.1. The average Bonchev–Trinajstić information content (AvgIpc) is 2.76. The number of nitrogens with zero attached hydrogens (tertiary/aromatic N) is 1. The lowest BCUT2D eigenvalue weighted by Crippen LogP contribution is -2.04. The summed E-state index contributed by atoms with van der Waals surface area (Å²) >= 11 is 1.23. The van der Waals surface area contributed by atoms with Crippen LogP contribution in [0.2, 0.25) is 0 Å². The van der Waals surface area contributed by atoms with Crippen molar-refractivity contribution in [2.45, 2.75) is 0 Å². The van der Waals surface area contributed by atoms with Crippen molar-refractivity contribution in [3.63, 3.8) is 0 Å². The Balaban J connectivity index is 2.83. The Morgan fingerprint density at radius 1 is 1.33 bits per heavy atom. The molecule has 0 bridgehead atoms. The summed E-state index contributed by atoms with van der Waals surface area (Å²) < 4.78 is 15.8. The second-order valence-electron chi connectivity index (χ2n) is 3.38. The van der Waals surface area contributed by atoms with Gasteiger partial charge >= 0.3 is 5.97 Å². The fourth-order valence-electron chi connectivity index (χ4n) is 1.66. The van der Waals surface area contributed by atoms with Crippen molar-refractivity contribution in [3.05, 3.63) is 11.6 Å². The van der Waals surface area contributed by atoms with E-state index in [1.54, 1.807) is 0 Å². The van der Waals surface area contributed by atoms with Crippen molar-refractivity contribution in [1.29, 1.82) is 0 Å². The highest BCUT2D eigenvalue weighted by atomic mass is 32.1. The van der Waals surface area contributed by atoms with Crippen molar-refractivity contribution in [2.75, 3.05) is 27.1 Å². The molecule has 0 aliphatic carbocycles. The third kappa shape index (κ3) is 1.82. The highest BCUT2D eigenvalue weighted by Gasteiger charge is 2.21. The second-order valence-corrected chi connectivity index (χ2v) is 4.41. The lowest BCUT2D eigenvalue weighted by molar-refractivity contribution is 0.0602. The fraction of sp³-hybridized carbons (Fsp3) is 0.273. The molecule has 7 heteroatoms. The predicted octanol–water partition coefficient (Wildman–Crippen LogP) is 1.68. The molecule has 0 fully saturated rings. The van der Waals surface area contributed by atoms with Gasteiger partial charge in [0.2, 0.25) is 0 Å². The Labute approximate surface area is 107 Å². The molecule has 1 aromatic carbocycles. The van der Waals surface area contributed by atoms with Gasteiger partial charge in [0.15, 0.2) is 16.6 Å². The molecule has 0 spiro atoms. The Morgan fingerprint density at radius 3 is 2.61 bits per heavy atom. The number of ether oxygens (including phenoxy) is 3. The van der Waals surface area contributed by atoms with Crippen LogP contribution in [0.5, 0.6) is 11.5 Å². The van der Waals surface area contributed by atoms with E-state index in [2.05, 4.69) is 4.98 Å². The summed E-state index contributed by atoms with van der Waals surface area (Å²) in [6.07, 6.45) is 0. The number of thiazole rings is 1. The maximum absolute atomic E-state index is 11.7. The number of hydrogen-bond donors (Lipinski definition) is 1. The molecule has 0 aliphatic heterocycles. The number of carbonyl (C=O) groups excluding carboxylic acids is 1. The summed E-state index contributed by atoms with van der Waals surface area (Å²) in [5, 5.41) is 0.349. The zero-order valence-corrected chi connectivity index (χ0v) is 11.0. The van der Waals surface area contributed by atoms with Crippen LogP contribution >= 0.6 is 11.3 Å². The van der Waals surface area contributed by atoms with E-state index in [0.717, 1.165) is 0 Å². The van der Waals surface area contributed by atoms with E-state index in [-0.39, 0.29) is 0 Å². The summed E-state index contributed by atoms with van der Waals surface area (Å²) in [5.74, 6) is 0.453. The molecule has 2 aromatic rings. The van der Waals surface area contributed by atoms with Crippen LogP contribution in [0, 0.1) is 0 Å². The number of hydrogen-bond acceptors (Lipinski definition) is 7. The number of aromatic nitrogens is 1. The molecule has 0 atom stereocenters. The van der Waals surface area contributed by atoms with E-state index in [4.69, 9.17) is 19.9 Å². The number of nitrogen functional groups attached to an aromatic ring is 1. The average molecular weight is 268 g/mol. The number of benzene rings is 1. The SMILES string of the molecule is COC(=O)c1cc(OC)c(OC)c2sc(N)nc12. The molecule has 2 rings (SSSR count). The second kappa shape index (κ2) is 4.69. The van der Waals surface area contributed by atoms with Gasteiger partial charge in [-0.2, -0.15) is 0 Å². The Hall–Kier alpha value is -2.02. The third-order valence-electron chi connectivity index (χ3n) is 2.43. The first-order chi connectivity index (χ1) is 8.62. The van der Waals surface area contributed by atoms with Crippen LogP contribution in [0.4, 0.5) is 5.13 Å². The van der Waals surface area contributed by atoms with Gasteiger partial charge in [-0.1, -0.05) is 11.3 Å². The molecule has 1 heterocycles. The number of esters is 1. The molecular formula is C11H12N2O4S. The van der Waals surface area contributed by atoms with E-state index in [1.807, 2.05) is 0 Å². The Kier molecular flexibility index (Phi) is 3.24. The van der Waals surface area contributed by atoms with Gasteiger partial charge in [-0.05, 0) is 0 Å². The standard InChI is InChI=1S/C11H12N2O4S/c1-15-6-4-5(10(14)17-3)7-9(8(6)16-2)18-11(12)13-7/h4H,1-3H3,(H2,12,13). The Bertz CT molecular complexity index is 609.